The highest BCUT2D eigenvalue weighted by molar-refractivity contribution is 6.09. The lowest BCUT2D eigenvalue weighted by Gasteiger charge is -2.44. The topological polar surface area (TPSA) is 116 Å². The average molecular weight is 549 g/mol. The highest BCUT2D eigenvalue weighted by Gasteiger charge is 2.81. The molecule has 40 heavy (non-hydrogen) atoms. The second kappa shape index (κ2) is 7.84. The van der Waals surface area contributed by atoms with Gasteiger partial charge in [0.1, 0.15) is 18.3 Å². The van der Waals surface area contributed by atoms with Crippen molar-refractivity contribution < 1.29 is 38.5 Å². The van der Waals surface area contributed by atoms with Gasteiger partial charge in [-0.1, -0.05) is 29.4 Å². The molecule has 8 nitrogen and oxygen atoms in total. The molecule has 212 valence electrons. The number of fused-ring (bicyclic) bond motifs is 6. The van der Waals surface area contributed by atoms with Crippen LogP contribution in [-0.2, 0) is 33.4 Å². The fraction of sp³-hybridized carbons (Fsp3) is 0.625. The SMILES string of the molecule is C=C1C(=O)OC2C1CCC(C)(O)C1C3C=C(C)C21CC31C(=O)OC2C3C(C)=CC(=O)C3=C(C)CC(OC(C)=O)C21. The molecule has 1 N–H and O–H groups in total. The number of aliphatic hydroxyl groups is 1. The summed E-state index contributed by atoms with van der Waals surface area (Å²) in [6.07, 6.45) is 3.41. The van der Waals surface area contributed by atoms with E-state index in [9.17, 15) is 24.3 Å². The van der Waals surface area contributed by atoms with Crippen molar-refractivity contribution in [2.75, 3.05) is 0 Å². The lowest BCUT2D eigenvalue weighted by molar-refractivity contribution is -0.156. The first-order valence-electron chi connectivity index (χ1n) is 14.4. The predicted molar refractivity (Wildman–Crippen MR) is 141 cm³/mol. The van der Waals surface area contributed by atoms with Crippen LogP contribution in [-0.4, -0.2) is 52.7 Å². The molecule has 7 aliphatic rings. The Hall–Kier alpha value is -3.00. The fourth-order valence-electron chi connectivity index (χ4n) is 10.5. The summed E-state index contributed by atoms with van der Waals surface area (Å²) in [6.45, 7) is 13.0. The maximum absolute atomic E-state index is 14.4. The maximum atomic E-state index is 14.4. The molecule has 2 saturated heterocycles. The molecular weight excluding hydrogens is 512 g/mol. The molecule has 2 heterocycles. The summed E-state index contributed by atoms with van der Waals surface area (Å²) in [6, 6.07) is 0. The van der Waals surface area contributed by atoms with Crippen LogP contribution in [0.25, 0.3) is 0 Å². The third kappa shape index (κ3) is 2.86. The van der Waals surface area contributed by atoms with Crippen LogP contribution in [0.4, 0.5) is 0 Å². The van der Waals surface area contributed by atoms with Gasteiger partial charge in [0.15, 0.2) is 5.78 Å². The Morgan fingerprint density at radius 1 is 1.15 bits per heavy atom. The molecule has 0 aromatic rings. The average Bonchev–Trinajstić information content (AvgIpc) is 3.55. The minimum Gasteiger partial charge on any atom is -0.462 e. The van der Waals surface area contributed by atoms with Gasteiger partial charge >= 0.3 is 17.9 Å². The van der Waals surface area contributed by atoms with Crippen LogP contribution < -0.4 is 0 Å². The zero-order valence-corrected chi connectivity index (χ0v) is 23.6. The van der Waals surface area contributed by atoms with Crippen LogP contribution in [0.3, 0.4) is 0 Å². The maximum Gasteiger partial charge on any atom is 0.334 e. The van der Waals surface area contributed by atoms with Gasteiger partial charge < -0.3 is 19.3 Å². The Morgan fingerprint density at radius 3 is 2.58 bits per heavy atom. The molecule has 4 fully saturated rings. The molecule has 0 aromatic heterocycles. The van der Waals surface area contributed by atoms with Gasteiger partial charge in [0, 0.05) is 53.6 Å². The van der Waals surface area contributed by atoms with E-state index in [1.54, 1.807) is 6.08 Å². The number of ether oxygens (including phenoxy) is 3. The fourth-order valence-corrected chi connectivity index (χ4v) is 10.5. The van der Waals surface area contributed by atoms with Crippen LogP contribution in [0.15, 0.2) is 46.6 Å². The number of allylic oxidation sites excluding steroid dienone is 2. The molecule has 1 spiro atoms. The Morgan fingerprint density at radius 2 is 1.88 bits per heavy atom. The lowest BCUT2D eigenvalue weighted by atomic mass is 9.59. The van der Waals surface area contributed by atoms with E-state index in [0.29, 0.717) is 36.8 Å². The Balaban J connectivity index is 1.44. The summed E-state index contributed by atoms with van der Waals surface area (Å²) in [5, 5.41) is 12.1. The first-order valence-corrected chi connectivity index (χ1v) is 14.4. The van der Waals surface area contributed by atoms with Crippen LogP contribution in [0.2, 0.25) is 0 Å². The molecule has 2 saturated carbocycles. The van der Waals surface area contributed by atoms with Crippen molar-refractivity contribution in [3.05, 3.63) is 46.6 Å². The number of carbonyl (C=O) groups is 4. The van der Waals surface area contributed by atoms with Crippen LogP contribution in [0, 0.1) is 40.4 Å². The first kappa shape index (κ1) is 25.9. The van der Waals surface area contributed by atoms with Crippen molar-refractivity contribution >= 4 is 23.7 Å². The molecule has 7 rings (SSSR count). The second-order valence-corrected chi connectivity index (χ2v) is 13.6. The highest BCUT2D eigenvalue weighted by atomic mass is 16.6. The van der Waals surface area contributed by atoms with Gasteiger partial charge in [0.05, 0.1) is 16.9 Å². The Kier molecular flexibility index (Phi) is 5.08. The molecule has 11 atom stereocenters. The van der Waals surface area contributed by atoms with E-state index < -0.39 is 70.4 Å². The van der Waals surface area contributed by atoms with E-state index in [-0.39, 0.29) is 17.7 Å². The number of hydrogen-bond donors (Lipinski definition) is 1. The van der Waals surface area contributed by atoms with E-state index >= 15 is 0 Å². The van der Waals surface area contributed by atoms with E-state index in [4.69, 9.17) is 14.2 Å². The van der Waals surface area contributed by atoms with Crippen molar-refractivity contribution in [3.8, 4) is 0 Å². The Bertz CT molecular complexity index is 1410. The summed E-state index contributed by atoms with van der Waals surface area (Å²) in [7, 11) is 0. The number of esters is 3. The quantitative estimate of drug-likeness (QED) is 0.229. The van der Waals surface area contributed by atoms with Crippen molar-refractivity contribution in [1.82, 2.24) is 0 Å². The van der Waals surface area contributed by atoms with Gasteiger partial charge in [-0.3, -0.25) is 14.4 Å². The lowest BCUT2D eigenvalue weighted by Crippen LogP contribution is -2.49. The first-order chi connectivity index (χ1) is 18.8. The third-order valence-electron chi connectivity index (χ3n) is 11.7. The molecule has 2 aliphatic heterocycles. The van der Waals surface area contributed by atoms with Crippen LogP contribution >= 0.6 is 0 Å². The molecular formula is C32H36O8. The zero-order chi connectivity index (χ0) is 28.7. The van der Waals surface area contributed by atoms with E-state index in [2.05, 4.69) is 12.7 Å². The monoisotopic (exact) mass is 548 g/mol. The molecule has 11 unspecified atom stereocenters. The van der Waals surface area contributed by atoms with Gasteiger partial charge in [0.2, 0.25) is 0 Å². The minimum absolute atomic E-state index is 0.0891. The van der Waals surface area contributed by atoms with E-state index in [1.165, 1.54) is 6.92 Å². The van der Waals surface area contributed by atoms with Crippen molar-refractivity contribution in [1.29, 1.82) is 0 Å². The Labute approximate surface area is 233 Å². The summed E-state index contributed by atoms with van der Waals surface area (Å²) in [5.41, 5.74) is 0.639. The van der Waals surface area contributed by atoms with Crippen molar-refractivity contribution in [3.63, 3.8) is 0 Å². The summed E-state index contributed by atoms with van der Waals surface area (Å²) < 4.78 is 18.4. The molecule has 0 radical (unpaired) electrons. The molecule has 0 aromatic carbocycles. The minimum atomic E-state index is -1.15. The molecule has 8 heteroatoms. The molecule has 2 bridgehead atoms. The van der Waals surface area contributed by atoms with Gasteiger partial charge in [-0.2, -0.15) is 0 Å². The van der Waals surface area contributed by atoms with Gasteiger partial charge in [-0.25, -0.2) is 4.79 Å². The zero-order valence-electron chi connectivity index (χ0n) is 23.6. The van der Waals surface area contributed by atoms with Gasteiger partial charge in [-0.05, 0) is 53.0 Å². The van der Waals surface area contributed by atoms with E-state index in [1.807, 2.05) is 27.7 Å². The third-order valence-corrected chi connectivity index (χ3v) is 11.7. The number of carbonyl (C=O) groups excluding carboxylic acids is 4. The number of ketones is 1. The summed E-state index contributed by atoms with van der Waals surface area (Å²) >= 11 is 0. The molecule has 5 aliphatic carbocycles. The van der Waals surface area contributed by atoms with Gasteiger partial charge in [-0.15, -0.1) is 0 Å². The normalized spacial score (nSPS) is 48.5. The predicted octanol–water partition coefficient (Wildman–Crippen LogP) is 3.54. The number of rotatable bonds is 1. The molecule has 0 amide bonds. The largest absolute Gasteiger partial charge is 0.462 e. The van der Waals surface area contributed by atoms with E-state index in [0.717, 1.165) is 16.7 Å². The van der Waals surface area contributed by atoms with Crippen LogP contribution in [0.5, 0.6) is 0 Å². The standard InChI is InChI=1S/C32H36O8/c1-13-9-20(34)22-14(2)10-21(38-17(5)33)24-25(23(13)22)39-29(36)32(24)12-31-15(3)11-19(32)26(31)30(6,37)8-7-18-16(4)28(35)40-27(18)31/h9,11,18-19,21,23-27,37H,4,7-8,10,12H2,1-3,5-6H3. The second-order valence-electron chi connectivity index (χ2n) is 13.6. The van der Waals surface area contributed by atoms with Crippen molar-refractivity contribution in [2.24, 2.45) is 40.4 Å². The smallest absolute Gasteiger partial charge is 0.334 e. The highest BCUT2D eigenvalue weighted by Crippen LogP contribution is 2.77. The van der Waals surface area contributed by atoms with Crippen molar-refractivity contribution in [2.45, 2.75) is 84.2 Å². The van der Waals surface area contributed by atoms with Gasteiger partial charge in [0.25, 0.3) is 0 Å². The number of hydrogen-bond acceptors (Lipinski definition) is 8. The summed E-state index contributed by atoms with van der Waals surface area (Å²) in [5.74, 6) is -3.41. The summed E-state index contributed by atoms with van der Waals surface area (Å²) in [4.78, 5) is 52.8. The van der Waals surface area contributed by atoms with Crippen LogP contribution in [0.1, 0.15) is 60.3 Å².